The second-order valence-corrected chi connectivity index (χ2v) is 4.21. The van der Waals surface area contributed by atoms with Gasteiger partial charge in [0.1, 0.15) is 5.71 Å². The molecule has 2 heterocycles. The van der Waals surface area contributed by atoms with Crippen LogP contribution in [0.2, 0.25) is 0 Å². The molecule has 1 fully saturated rings. The van der Waals surface area contributed by atoms with Crippen LogP contribution in [0.5, 0.6) is 0 Å². The number of oxime groups is 1. The Morgan fingerprint density at radius 1 is 1.44 bits per heavy atom. The van der Waals surface area contributed by atoms with Gasteiger partial charge in [0.25, 0.3) is 0 Å². The molecule has 0 amide bonds. The molecule has 0 N–H and O–H groups in total. The van der Waals surface area contributed by atoms with Crippen LogP contribution in [0, 0.1) is 16.0 Å². The van der Waals surface area contributed by atoms with E-state index in [9.17, 15) is 10.1 Å². The van der Waals surface area contributed by atoms with Crippen molar-refractivity contribution in [1.82, 2.24) is 0 Å². The highest BCUT2D eigenvalue weighted by Gasteiger charge is 2.38. The van der Waals surface area contributed by atoms with Gasteiger partial charge >= 0.3 is 5.70 Å². The third-order valence-electron chi connectivity index (χ3n) is 3.08. The molecule has 2 unspecified atom stereocenters. The monoisotopic (exact) mass is 246 g/mol. The van der Waals surface area contributed by atoms with Crippen LogP contribution in [0.4, 0.5) is 0 Å². The topological polar surface area (TPSA) is 74.0 Å². The molecule has 1 aliphatic carbocycles. The first-order chi connectivity index (χ1) is 8.75. The summed E-state index contributed by atoms with van der Waals surface area (Å²) >= 11 is 0. The van der Waals surface area contributed by atoms with Crippen LogP contribution >= 0.6 is 0 Å². The molecular weight excluding hydrogens is 236 g/mol. The first-order valence-electron chi connectivity index (χ1n) is 5.70. The average Bonchev–Trinajstić information content (AvgIpc) is 2.82. The fourth-order valence-electron chi connectivity index (χ4n) is 2.18. The zero-order chi connectivity index (χ0) is 12.5. The van der Waals surface area contributed by atoms with Gasteiger partial charge in [-0.25, -0.2) is 0 Å². The smallest absolute Gasteiger partial charge is 0.319 e. The predicted octanol–water partition coefficient (Wildman–Crippen LogP) is 1.54. The largest absolute Gasteiger partial charge is 0.363 e. The number of ether oxygens (including phenoxy) is 1. The van der Waals surface area contributed by atoms with E-state index in [1.54, 1.807) is 6.08 Å². The molecule has 6 heteroatoms. The van der Waals surface area contributed by atoms with Gasteiger partial charge in [-0.2, -0.15) is 0 Å². The summed E-state index contributed by atoms with van der Waals surface area (Å²) in [7, 11) is 0. The first-order valence-corrected chi connectivity index (χ1v) is 5.70. The van der Waals surface area contributed by atoms with Crippen molar-refractivity contribution >= 4 is 5.71 Å². The fraction of sp³-hybridized carbons (Fsp3) is 0.417. The van der Waals surface area contributed by atoms with Crippen LogP contribution in [0.3, 0.4) is 0 Å². The zero-order valence-corrected chi connectivity index (χ0v) is 9.46. The second kappa shape index (κ2) is 4.27. The molecule has 0 aromatic heterocycles. The van der Waals surface area contributed by atoms with Gasteiger partial charge in [-0.1, -0.05) is 10.9 Å². The number of hydrogen-bond acceptors (Lipinski definition) is 5. The molecule has 0 bridgehead atoms. The Bertz CT molecular complexity index is 563. The van der Waals surface area contributed by atoms with E-state index < -0.39 is 4.92 Å². The highest BCUT2D eigenvalue weighted by Crippen LogP contribution is 2.31. The number of rotatable bonds is 2. The van der Waals surface area contributed by atoms with Crippen LogP contribution in [-0.4, -0.2) is 23.5 Å². The molecule has 0 saturated carbocycles. The zero-order valence-electron chi connectivity index (χ0n) is 9.46. The Labute approximate surface area is 103 Å². The second-order valence-electron chi connectivity index (χ2n) is 4.21. The molecule has 0 aromatic rings. The summed E-state index contributed by atoms with van der Waals surface area (Å²) in [5.74, 6) is 0.0878. The Balaban J connectivity index is 1.92. The van der Waals surface area contributed by atoms with Gasteiger partial charge in [0.2, 0.25) is 6.29 Å². The van der Waals surface area contributed by atoms with Crippen molar-refractivity contribution < 1.29 is 14.5 Å². The molecule has 0 spiro atoms. The third-order valence-corrected chi connectivity index (χ3v) is 3.08. The molecule has 92 valence electrons. The van der Waals surface area contributed by atoms with Crippen LogP contribution in [0.1, 0.15) is 12.8 Å². The summed E-state index contributed by atoms with van der Waals surface area (Å²) in [6, 6.07) is 0. The average molecular weight is 246 g/mol. The minimum absolute atomic E-state index is 0.0878. The summed E-state index contributed by atoms with van der Waals surface area (Å²) in [5, 5.41) is 14.5. The summed E-state index contributed by atoms with van der Waals surface area (Å²) in [6.45, 7) is 0.681. The van der Waals surface area contributed by atoms with E-state index in [0.29, 0.717) is 12.2 Å². The van der Waals surface area contributed by atoms with Crippen molar-refractivity contribution in [1.29, 1.82) is 0 Å². The van der Waals surface area contributed by atoms with Crippen LogP contribution in [-0.2, 0) is 9.57 Å². The van der Waals surface area contributed by atoms with Gasteiger partial charge in [-0.15, -0.1) is 0 Å². The Kier molecular flexibility index (Phi) is 2.61. The Hall–Kier alpha value is -2.13. The van der Waals surface area contributed by atoms with Crippen LogP contribution < -0.4 is 0 Å². The molecule has 2 atom stereocenters. The molecule has 18 heavy (non-hydrogen) atoms. The number of hydrogen-bond donors (Lipinski definition) is 0. The van der Waals surface area contributed by atoms with Crippen molar-refractivity contribution in [2.24, 2.45) is 11.1 Å². The minimum Gasteiger partial charge on any atom is -0.363 e. The maximum Gasteiger partial charge on any atom is 0.319 e. The lowest BCUT2D eigenvalue weighted by Gasteiger charge is -2.23. The van der Waals surface area contributed by atoms with Crippen molar-refractivity contribution in [3.8, 4) is 0 Å². The lowest BCUT2D eigenvalue weighted by molar-refractivity contribution is -0.418. The quantitative estimate of drug-likeness (QED) is 0.421. The summed E-state index contributed by atoms with van der Waals surface area (Å²) < 4.78 is 5.45. The lowest BCUT2D eigenvalue weighted by atomic mass is 9.90. The summed E-state index contributed by atoms with van der Waals surface area (Å²) in [4.78, 5) is 15.2. The molecular formula is C12H10N2O4. The van der Waals surface area contributed by atoms with E-state index in [4.69, 9.17) is 9.57 Å². The van der Waals surface area contributed by atoms with Crippen LogP contribution in [0.15, 0.2) is 40.0 Å². The first kappa shape index (κ1) is 11.0. The number of fused-ring (bicyclic) bond motifs is 1. The number of allylic oxidation sites excluding steroid dienone is 3. The van der Waals surface area contributed by atoms with Gasteiger partial charge in [0, 0.05) is 11.8 Å². The molecule has 2 aliphatic heterocycles. The maximum absolute atomic E-state index is 10.5. The van der Waals surface area contributed by atoms with Crippen molar-refractivity contribution in [3.05, 3.63) is 45.0 Å². The van der Waals surface area contributed by atoms with Crippen molar-refractivity contribution in [2.75, 3.05) is 6.61 Å². The number of nitro groups is 1. The van der Waals surface area contributed by atoms with Crippen molar-refractivity contribution in [3.63, 3.8) is 0 Å². The van der Waals surface area contributed by atoms with Gasteiger partial charge in [-0.3, -0.25) is 10.1 Å². The summed E-state index contributed by atoms with van der Waals surface area (Å²) in [6.07, 6.45) is 4.59. The molecule has 1 saturated heterocycles. The van der Waals surface area contributed by atoms with E-state index in [1.807, 2.05) is 0 Å². The van der Waals surface area contributed by atoms with Gasteiger partial charge in [0.15, 0.2) is 0 Å². The molecule has 3 aliphatic rings. The normalized spacial score (nSPS) is 29.0. The summed E-state index contributed by atoms with van der Waals surface area (Å²) in [5.41, 5.74) is 6.59. The van der Waals surface area contributed by atoms with Gasteiger partial charge < -0.3 is 9.57 Å². The molecule has 0 radical (unpaired) electrons. The predicted molar refractivity (Wildman–Crippen MR) is 61.2 cm³/mol. The molecule has 0 aromatic carbocycles. The fourth-order valence-corrected chi connectivity index (χ4v) is 2.18. The maximum atomic E-state index is 10.5. The number of nitrogens with zero attached hydrogens (tertiary/aromatic N) is 2. The van der Waals surface area contributed by atoms with Gasteiger partial charge in [-0.05, 0) is 18.9 Å². The molecule has 6 nitrogen and oxygen atoms in total. The lowest BCUT2D eigenvalue weighted by Crippen LogP contribution is -2.31. The Morgan fingerprint density at radius 3 is 3.06 bits per heavy atom. The highest BCUT2D eigenvalue weighted by atomic mass is 16.8. The van der Waals surface area contributed by atoms with E-state index in [-0.39, 0.29) is 17.9 Å². The van der Waals surface area contributed by atoms with E-state index in [1.165, 1.54) is 6.08 Å². The standard InChI is InChI=1S/C12H10N2O4/c15-14(16)9-5-3-8(4-6-9)11-10-2-1-7-17-12(10)18-13-11/h3,5,10,12H,1-2,7H2. The SMILES string of the molecule is O=[N+]([O-])C1=C=C=C(C2=NOC3OCCCC23)C=C1. The van der Waals surface area contributed by atoms with Crippen molar-refractivity contribution in [2.45, 2.75) is 19.1 Å². The molecule has 3 rings (SSSR count). The highest BCUT2D eigenvalue weighted by molar-refractivity contribution is 6.04. The van der Waals surface area contributed by atoms with E-state index >= 15 is 0 Å². The van der Waals surface area contributed by atoms with Gasteiger partial charge in [0.05, 0.1) is 23.0 Å². The van der Waals surface area contributed by atoms with Crippen LogP contribution in [0.25, 0.3) is 0 Å². The minimum atomic E-state index is -0.500. The van der Waals surface area contributed by atoms with E-state index in [2.05, 4.69) is 16.6 Å². The third kappa shape index (κ3) is 1.79. The van der Waals surface area contributed by atoms with E-state index in [0.717, 1.165) is 18.6 Å². The Morgan fingerprint density at radius 2 is 2.33 bits per heavy atom.